The molecule has 0 saturated carbocycles. The van der Waals surface area contributed by atoms with Crippen LogP contribution in [0.25, 0.3) is 0 Å². The minimum Gasteiger partial charge on any atom is -0.372 e. The number of nitrogens with one attached hydrogen (secondary N) is 1. The van der Waals surface area contributed by atoms with E-state index in [1.807, 2.05) is 44.6 Å². The molecule has 2 atom stereocenters. The molecule has 3 heteroatoms. The molecule has 0 spiro atoms. The topological polar surface area (TPSA) is 34.1 Å². The highest BCUT2D eigenvalue weighted by atomic mass is 16.5. The van der Waals surface area contributed by atoms with Crippen LogP contribution in [-0.2, 0) is 4.74 Å². The Kier molecular flexibility index (Phi) is 5.27. The molecular formula is C17H22N2O. The van der Waals surface area contributed by atoms with Gasteiger partial charge >= 0.3 is 0 Å². The van der Waals surface area contributed by atoms with Crippen molar-refractivity contribution in [2.45, 2.75) is 26.0 Å². The number of aryl methyl sites for hydroxylation is 1. The quantitative estimate of drug-likeness (QED) is 0.873. The average molecular weight is 270 g/mol. The fourth-order valence-corrected chi connectivity index (χ4v) is 2.45. The third kappa shape index (κ3) is 3.44. The van der Waals surface area contributed by atoms with Crippen LogP contribution in [0.1, 0.15) is 35.8 Å². The third-order valence-corrected chi connectivity index (χ3v) is 3.34. The molecule has 0 amide bonds. The number of benzene rings is 1. The smallest absolute Gasteiger partial charge is 0.102 e. The third-order valence-electron chi connectivity index (χ3n) is 3.34. The molecule has 0 fully saturated rings. The highest BCUT2D eigenvalue weighted by Crippen LogP contribution is 2.31. The fraction of sp³-hybridized carbons (Fsp3) is 0.353. The van der Waals surface area contributed by atoms with Crippen molar-refractivity contribution in [2.24, 2.45) is 0 Å². The predicted octanol–water partition coefficient (Wildman–Crippen LogP) is 3.43. The maximum atomic E-state index is 5.99. The zero-order chi connectivity index (χ0) is 14.4. The van der Waals surface area contributed by atoms with Crippen molar-refractivity contribution in [1.29, 1.82) is 0 Å². The molecule has 1 heterocycles. The lowest BCUT2D eigenvalue weighted by Gasteiger charge is -2.27. The molecule has 3 nitrogen and oxygen atoms in total. The van der Waals surface area contributed by atoms with Gasteiger partial charge in [0, 0.05) is 19.0 Å². The lowest BCUT2D eigenvalue weighted by atomic mass is 9.96. The Morgan fingerprint density at radius 2 is 1.90 bits per heavy atom. The molecule has 0 aliphatic heterocycles. The first-order valence-corrected chi connectivity index (χ1v) is 7.01. The van der Waals surface area contributed by atoms with Crippen molar-refractivity contribution in [3.63, 3.8) is 0 Å². The van der Waals surface area contributed by atoms with Crippen LogP contribution in [0.15, 0.2) is 48.8 Å². The van der Waals surface area contributed by atoms with Crippen LogP contribution in [0.4, 0.5) is 0 Å². The second-order valence-electron chi connectivity index (χ2n) is 4.85. The summed E-state index contributed by atoms with van der Waals surface area (Å²) in [5, 5.41) is 3.36. The Morgan fingerprint density at radius 3 is 2.50 bits per heavy atom. The van der Waals surface area contributed by atoms with Gasteiger partial charge in [0.25, 0.3) is 0 Å². The predicted molar refractivity (Wildman–Crippen MR) is 81.6 cm³/mol. The highest BCUT2D eigenvalue weighted by Gasteiger charge is 2.24. The van der Waals surface area contributed by atoms with Gasteiger partial charge in [0.2, 0.25) is 0 Å². The number of hydrogen-bond acceptors (Lipinski definition) is 3. The van der Waals surface area contributed by atoms with Crippen molar-refractivity contribution in [2.75, 3.05) is 13.7 Å². The molecule has 0 bridgehead atoms. The van der Waals surface area contributed by atoms with Crippen LogP contribution < -0.4 is 5.32 Å². The molecule has 0 aliphatic rings. The van der Waals surface area contributed by atoms with Crippen LogP contribution in [-0.4, -0.2) is 18.6 Å². The normalized spacial score (nSPS) is 13.9. The van der Waals surface area contributed by atoms with Crippen molar-refractivity contribution < 1.29 is 4.74 Å². The van der Waals surface area contributed by atoms with Crippen molar-refractivity contribution in [1.82, 2.24) is 10.3 Å². The van der Waals surface area contributed by atoms with Gasteiger partial charge in [0.05, 0.1) is 6.04 Å². The van der Waals surface area contributed by atoms with Crippen LogP contribution in [0.3, 0.4) is 0 Å². The summed E-state index contributed by atoms with van der Waals surface area (Å²) in [4.78, 5) is 4.29. The van der Waals surface area contributed by atoms with E-state index in [0.717, 1.165) is 11.1 Å². The van der Waals surface area contributed by atoms with E-state index in [9.17, 15) is 0 Å². The van der Waals surface area contributed by atoms with E-state index in [2.05, 4.69) is 35.4 Å². The molecule has 0 saturated heterocycles. The van der Waals surface area contributed by atoms with Crippen molar-refractivity contribution in [3.05, 3.63) is 65.5 Å². The monoisotopic (exact) mass is 270 g/mol. The molecule has 0 aliphatic carbocycles. The number of hydrogen-bond donors (Lipinski definition) is 1. The van der Waals surface area contributed by atoms with Gasteiger partial charge < -0.3 is 10.1 Å². The Hall–Kier alpha value is -1.71. The van der Waals surface area contributed by atoms with Gasteiger partial charge in [-0.2, -0.15) is 0 Å². The SMILES string of the molecule is CCOC(c1ccccc1)C(NC)c1cncc(C)c1. The summed E-state index contributed by atoms with van der Waals surface area (Å²) >= 11 is 0. The van der Waals surface area contributed by atoms with Crippen LogP contribution in [0, 0.1) is 6.92 Å². The number of pyridine rings is 1. The number of rotatable bonds is 6. The van der Waals surface area contributed by atoms with E-state index in [1.165, 1.54) is 5.56 Å². The molecule has 2 aromatic rings. The number of aromatic nitrogens is 1. The van der Waals surface area contributed by atoms with Crippen LogP contribution >= 0.6 is 0 Å². The lowest BCUT2D eigenvalue weighted by molar-refractivity contribution is 0.0346. The van der Waals surface area contributed by atoms with E-state index in [0.29, 0.717) is 6.61 Å². The molecule has 1 aromatic heterocycles. The van der Waals surface area contributed by atoms with Gasteiger partial charge in [0.1, 0.15) is 6.10 Å². The molecule has 1 aromatic carbocycles. The molecule has 2 rings (SSSR count). The summed E-state index contributed by atoms with van der Waals surface area (Å²) in [5.74, 6) is 0. The summed E-state index contributed by atoms with van der Waals surface area (Å²) in [5.41, 5.74) is 3.48. The maximum Gasteiger partial charge on any atom is 0.102 e. The summed E-state index contributed by atoms with van der Waals surface area (Å²) in [6.07, 6.45) is 3.76. The first kappa shape index (κ1) is 14.7. The van der Waals surface area contributed by atoms with E-state index < -0.39 is 0 Å². The Balaban J connectivity index is 2.35. The number of nitrogens with zero attached hydrogens (tertiary/aromatic N) is 1. The molecule has 1 N–H and O–H groups in total. The second kappa shape index (κ2) is 7.17. The van der Waals surface area contributed by atoms with E-state index in [1.54, 1.807) is 0 Å². The average Bonchev–Trinajstić information content (AvgIpc) is 2.48. The van der Waals surface area contributed by atoms with Crippen LogP contribution in [0.5, 0.6) is 0 Å². The van der Waals surface area contributed by atoms with Gasteiger partial charge in [-0.05, 0) is 37.6 Å². The van der Waals surface area contributed by atoms with Crippen LogP contribution in [0.2, 0.25) is 0 Å². The molecule has 20 heavy (non-hydrogen) atoms. The van der Waals surface area contributed by atoms with Gasteiger partial charge in [0.15, 0.2) is 0 Å². The van der Waals surface area contributed by atoms with Crippen molar-refractivity contribution in [3.8, 4) is 0 Å². The maximum absolute atomic E-state index is 5.99. The lowest BCUT2D eigenvalue weighted by Crippen LogP contribution is -2.26. The second-order valence-corrected chi connectivity index (χ2v) is 4.85. The van der Waals surface area contributed by atoms with Gasteiger partial charge in [-0.15, -0.1) is 0 Å². The number of likely N-dealkylation sites (N-methyl/N-ethyl adjacent to an activating group) is 1. The summed E-state index contributed by atoms with van der Waals surface area (Å²) in [7, 11) is 1.96. The Morgan fingerprint density at radius 1 is 1.15 bits per heavy atom. The fourth-order valence-electron chi connectivity index (χ4n) is 2.45. The van der Waals surface area contributed by atoms with Gasteiger partial charge in [-0.25, -0.2) is 0 Å². The van der Waals surface area contributed by atoms with Crippen molar-refractivity contribution >= 4 is 0 Å². The Bertz CT molecular complexity index is 528. The zero-order valence-electron chi connectivity index (χ0n) is 12.3. The zero-order valence-corrected chi connectivity index (χ0v) is 12.3. The number of ether oxygens (including phenoxy) is 1. The summed E-state index contributed by atoms with van der Waals surface area (Å²) in [6.45, 7) is 4.76. The van der Waals surface area contributed by atoms with E-state index in [4.69, 9.17) is 4.74 Å². The Labute approximate surface area is 121 Å². The largest absolute Gasteiger partial charge is 0.372 e. The van der Waals surface area contributed by atoms with Gasteiger partial charge in [-0.1, -0.05) is 36.4 Å². The highest BCUT2D eigenvalue weighted by molar-refractivity contribution is 5.26. The molecule has 106 valence electrons. The standard InChI is InChI=1S/C17H22N2O/c1-4-20-17(14-8-6-5-7-9-14)16(18-3)15-10-13(2)11-19-12-15/h5-12,16-18H,4H2,1-3H3. The molecule has 2 unspecified atom stereocenters. The van der Waals surface area contributed by atoms with E-state index in [-0.39, 0.29) is 12.1 Å². The van der Waals surface area contributed by atoms with Gasteiger partial charge in [-0.3, -0.25) is 4.98 Å². The minimum absolute atomic E-state index is 0.0187. The first-order valence-electron chi connectivity index (χ1n) is 7.01. The molecule has 0 radical (unpaired) electrons. The molecular weight excluding hydrogens is 248 g/mol. The minimum atomic E-state index is -0.0187. The summed E-state index contributed by atoms with van der Waals surface area (Å²) in [6, 6.07) is 12.6. The van der Waals surface area contributed by atoms with E-state index >= 15 is 0 Å². The summed E-state index contributed by atoms with van der Waals surface area (Å²) < 4.78 is 5.99. The first-order chi connectivity index (χ1) is 9.76.